The highest BCUT2D eigenvalue weighted by Gasteiger charge is 2.29. The quantitative estimate of drug-likeness (QED) is 0.808. The van der Waals surface area contributed by atoms with Gasteiger partial charge in [-0.15, -0.1) is 0 Å². The highest BCUT2D eigenvalue weighted by molar-refractivity contribution is 5.16. The molecule has 1 aromatic rings. The van der Waals surface area contributed by atoms with Gasteiger partial charge in [0.2, 0.25) is 0 Å². The number of benzene rings is 1. The van der Waals surface area contributed by atoms with Crippen molar-refractivity contribution in [1.82, 2.24) is 4.90 Å². The Labute approximate surface area is 91.5 Å². The Morgan fingerprint density at radius 2 is 2.13 bits per heavy atom. The van der Waals surface area contributed by atoms with Gasteiger partial charge in [-0.2, -0.15) is 0 Å². The molecule has 2 heteroatoms. The summed E-state index contributed by atoms with van der Waals surface area (Å²) < 4.78 is 0. The molecule has 1 saturated heterocycles. The van der Waals surface area contributed by atoms with Crippen LogP contribution in [0.4, 0.5) is 0 Å². The molecule has 2 atom stereocenters. The van der Waals surface area contributed by atoms with Crippen molar-refractivity contribution in [1.29, 1.82) is 0 Å². The average Bonchev–Trinajstić information content (AvgIpc) is 2.27. The summed E-state index contributed by atoms with van der Waals surface area (Å²) in [7, 11) is 0. The van der Waals surface area contributed by atoms with E-state index >= 15 is 0 Å². The van der Waals surface area contributed by atoms with Crippen LogP contribution in [0.15, 0.2) is 30.3 Å². The average molecular weight is 205 g/mol. The molecule has 1 aromatic carbocycles. The molecule has 2 nitrogen and oxygen atoms in total. The predicted octanol–water partition coefficient (Wildman–Crippen LogP) is 1.68. The van der Waals surface area contributed by atoms with E-state index in [-0.39, 0.29) is 6.61 Å². The van der Waals surface area contributed by atoms with E-state index in [1.54, 1.807) is 0 Å². The first-order valence-electron chi connectivity index (χ1n) is 5.72. The normalized spacial score (nSPS) is 23.5. The Morgan fingerprint density at radius 1 is 1.40 bits per heavy atom. The first-order valence-corrected chi connectivity index (χ1v) is 5.72. The minimum atomic E-state index is 0.263. The summed E-state index contributed by atoms with van der Waals surface area (Å²) in [6.45, 7) is 3.63. The van der Waals surface area contributed by atoms with Gasteiger partial charge in [-0.05, 0) is 25.3 Å². The van der Waals surface area contributed by atoms with Crippen molar-refractivity contribution in [3.63, 3.8) is 0 Å². The van der Waals surface area contributed by atoms with Gasteiger partial charge in [0.1, 0.15) is 0 Å². The van der Waals surface area contributed by atoms with Gasteiger partial charge in [0, 0.05) is 18.6 Å². The Hall–Kier alpha value is -0.860. The maximum absolute atomic E-state index is 9.40. The van der Waals surface area contributed by atoms with Gasteiger partial charge < -0.3 is 5.11 Å². The van der Waals surface area contributed by atoms with Crippen molar-refractivity contribution < 1.29 is 5.11 Å². The van der Waals surface area contributed by atoms with E-state index in [1.807, 2.05) is 6.07 Å². The predicted molar refractivity (Wildman–Crippen MR) is 61.8 cm³/mol. The van der Waals surface area contributed by atoms with Crippen molar-refractivity contribution in [2.75, 3.05) is 13.2 Å². The fraction of sp³-hybridized carbons (Fsp3) is 0.538. The molecule has 1 unspecified atom stereocenters. The Bertz CT molecular complexity index is 299. The third-order valence-electron chi connectivity index (χ3n) is 3.37. The molecule has 15 heavy (non-hydrogen) atoms. The van der Waals surface area contributed by atoms with Crippen molar-refractivity contribution in [3.05, 3.63) is 35.9 Å². The molecule has 82 valence electrons. The van der Waals surface area contributed by atoms with Crippen LogP contribution in [0.1, 0.15) is 18.9 Å². The molecule has 0 radical (unpaired) electrons. The molecule has 1 aliphatic heterocycles. The highest BCUT2D eigenvalue weighted by Crippen LogP contribution is 2.21. The van der Waals surface area contributed by atoms with E-state index < -0.39 is 0 Å². The molecule has 0 amide bonds. The molecule has 0 bridgehead atoms. The van der Waals surface area contributed by atoms with Gasteiger partial charge >= 0.3 is 0 Å². The first kappa shape index (κ1) is 10.7. The summed E-state index contributed by atoms with van der Waals surface area (Å²) in [4.78, 5) is 2.40. The lowest BCUT2D eigenvalue weighted by Crippen LogP contribution is -2.53. The molecule has 1 heterocycles. The monoisotopic (exact) mass is 205 g/mol. The summed E-state index contributed by atoms with van der Waals surface area (Å²) in [5, 5.41) is 9.40. The van der Waals surface area contributed by atoms with Crippen molar-refractivity contribution >= 4 is 0 Å². The summed E-state index contributed by atoms with van der Waals surface area (Å²) in [5.74, 6) is 0. The highest BCUT2D eigenvalue weighted by atomic mass is 16.3. The number of aliphatic hydroxyl groups excluding tert-OH is 1. The maximum Gasteiger partial charge on any atom is 0.0590 e. The second-order valence-corrected chi connectivity index (χ2v) is 4.40. The molecular weight excluding hydrogens is 186 g/mol. The summed E-state index contributed by atoms with van der Waals surface area (Å²) in [6.07, 6.45) is 2.23. The largest absolute Gasteiger partial charge is 0.395 e. The van der Waals surface area contributed by atoms with E-state index in [0.29, 0.717) is 12.1 Å². The van der Waals surface area contributed by atoms with Crippen LogP contribution in [0.5, 0.6) is 0 Å². The number of hydrogen-bond donors (Lipinski definition) is 1. The van der Waals surface area contributed by atoms with Crippen LogP contribution in [0.2, 0.25) is 0 Å². The fourth-order valence-electron chi connectivity index (χ4n) is 2.25. The SMILES string of the molecule is CC1CCN1[C@H](CO)Cc1ccccc1. The number of hydrogen-bond acceptors (Lipinski definition) is 2. The van der Waals surface area contributed by atoms with E-state index in [0.717, 1.165) is 13.0 Å². The van der Waals surface area contributed by atoms with Crippen LogP contribution in [-0.4, -0.2) is 35.2 Å². The lowest BCUT2D eigenvalue weighted by atomic mass is 9.97. The zero-order chi connectivity index (χ0) is 10.7. The minimum absolute atomic E-state index is 0.263. The molecule has 2 rings (SSSR count). The topological polar surface area (TPSA) is 23.5 Å². The van der Waals surface area contributed by atoms with E-state index in [9.17, 15) is 5.11 Å². The van der Waals surface area contributed by atoms with Gasteiger partial charge in [-0.1, -0.05) is 30.3 Å². The lowest BCUT2D eigenvalue weighted by Gasteiger charge is -2.44. The standard InChI is InChI=1S/C13H19NO/c1-11-7-8-14(11)13(10-15)9-12-5-3-2-4-6-12/h2-6,11,13,15H,7-10H2,1H3/t11?,13-/m0/s1. The molecule has 0 aromatic heterocycles. The summed E-state index contributed by atoms with van der Waals surface area (Å²) >= 11 is 0. The van der Waals surface area contributed by atoms with Gasteiger partial charge in [-0.3, -0.25) is 4.90 Å². The minimum Gasteiger partial charge on any atom is -0.395 e. The molecule has 0 spiro atoms. The Balaban J connectivity index is 1.96. The fourth-order valence-corrected chi connectivity index (χ4v) is 2.25. The van der Waals surface area contributed by atoms with Gasteiger partial charge in [-0.25, -0.2) is 0 Å². The van der Waals surface area contributed by atoms with Gasteiger partial charge in [0.25, 0.3) is 0 Å². The third-order valence-corrected chi connectivity index (χ3v) is 3.37. The number of aliphatic hydroxyl groups is 1. The van der Waals surface area contributed by atoms with Crippen molar-refractivity contribution in [3.8, 4) is 0 Å². The summed E-state index contributed by atoms with van der Waals surface area (Å²) in [6, 6.07) is 11.4. The second-order valence-electron chi connectivity index (χ2n) is 4.40. The maximum atomic E-state index is 9.40. The van der Waals surface area contributed by atoms with Crippen LogP contribution in [0, 0.1) is 0 Å². The van der Waals surface area contributed by atoms with Crippen molar-refractivity contribution in [2.24, 2.45) is 0 Å². The van der Waals surface area contributed by atoms with Crippen LogP contribution >= 0.6 is 0 Å². The summed E-state index contributed by atoms with van der Waals surface area (Å²) in [5.41, 5.74) is 1.32. The lowest BCUT2D eigenvalue weighted by molar-refractivity contribution is 0.0228. The molecule has 0 aliphatic carbocycles. The molecule has 1 N–H and O–H groups in total. The Kier molecular flexibility index (Phi) is 3.39. The number of likely N-dealkylation sites (tertiary alicyclic amines) is 1. The van der Waals surface area contributed by atoms with Crippen LogP contribution in [-0.2, 0) is 6.42 Å². The zero-order valence-electron chi connectivity index (χ0n) is 9.26. The smallest absolute Gasteiger partial charge is 0.0590 e. The van der Waals surface area contributed by atoms with E-state index in [2.05, 4.69) is 36.1 Å². The number of nitrogens with zero attached hydrogens (tertiary/aromatic N) is 1. The zero-order valence-corrected chi connectivity index (χ0v) is 9.26. The van der Waals surface area contributed by atoms with Crippen LogP contribution in [0.25, 0.3) is 0 Å². The second kappa shape index (κ2) is 4.77. The Morgan fingerprint density at radius 3 is 2.60 bits per heavy atom. The third kappa shape index (κ3) is 2.39. The molecular formula is C13H19NO. The molecule has 1 aliphatic rings. The van der Waals surface area contributed by atoms with Gasteiger partial charge in [0.05, 0.1) is 6.61 Å². The molecule has 1 fully saturated rings. The van der Waals surface area contributed by atoms with Crippen LogP contribution in [0.3, 0.4) is 0 Å². The van der Waals surface area contributed by atoms with E-state index in [4.69, 9.17) is 0 Å². The van der Waals surface area contributed by atoms with Gasteiger partial charge in [0.15, 0.2) is 0 Å². The van der Waals surface area contributed by atoms with E-state index in [1.165, 1.54) is 12.0 Å². The molecule has 0 saturated carbocycles. The first-order chi connectivity index (χ1) is 7.31. The number of rotatable bonds is 4. The van der Waals surface area contributed by atoms with Crippen LogP contribution < -0.4 is 0 Å². The van der Waals surface area contributed by atoms with Crippen molar-refractivity contribution in [2.45, 2.75) is 31.8 Å².